The average Bonchev–Trinajstić information content (AvgIpc) is 2.46. The van der Waals surface area contributed by atoms with Gasteiger partial charge in [0.15, 0.2) is 11.5 Å². The fourth-order valence-corrected chi connectivity index (χ4v) is 1.97. The Morgan fingerprint density at radius 2 is 2.05 bits per heavy atom. The number of phenols is 1. The Kier molecular flexibility index (Phi) is 4.27. The molecule has 110 valence electrons. The summed E-state index contributed by atoms with van der Waals surface area (Å²) in [5, 5.41) is 23.7. The van der Waals surface area contributed by atoms with E-state index in [1.807, 2.05) is 6.07 Å². The minimum Gasteiger partial charge on any atom is -0.504 e. The zero-order valence-corrected chi connectivity index (χ0v) is 11.8. The number of nitrogens with zero attached hydrogens (tertiary/aromatic N) is 1. The Labute approximate surface area is 122 Å². The number of hydrogen-bond acceptors (Lipinski definition) is 5. The first kappa shape index (κ1) is 14.6. The molecule has 2 rings (SSSR count). The van der Waals surface area contributed by atoms with Crippen LogP contribution in [0.15, 0.2) is 36.4 Å². The molecule has 21 heavy (non-hydrogen) atoms. The van der Waals surface area contributed by atoms with E-state index < -0.39 is 4.92 Å². The first-order valence-electron chi connectivity index (χ1n) is 6.36. The van der Waals surface area contributed by atoms with Crippen LogP contribution in [0.2, 0.25) is 0 Å². The molecule has 0 atom stereocenters. The van der Waals surface area contributed by atoms with E-state index in [4.69, 9.17) is 4.74 Å². The second-order valence-electron chi connectivity index (χ2n) is 4.62. The van der Waals surface area contributed by atoms with Crippen molar-refractivity contribution < 1.29 is 14.8 Å². The molecule has 0 saturated carbocycles. The van der Waals surface area contributed by atoms with E-state index >= 15 is 0 Å². The van der Waals surface area contributed by atoms with Crippen molar-refractivity contribution in [1.29, 1.82) is 0 Å². The van der Waals surface area contributed by atoms with Crippen LogP contribution in [0.4, 0.5) is 11.4 Å². The summed E-state index contributed by atoms with van der Waals surface area (Å²) in [5.41, 5.74) is 2.20. The summed E-state index contributed by atoms with van der Waals surface area (Å²) in [6.45, 7) is 2.14. The van der Waals surface area contributed by atoms with Crippen LogP contribution in [0, 0.1) is 17.0 Å². The van der Waals surface area contributed by atoms with E-state index in [9.17, 15) is 15.2 Å². The van der Waals surface area contributed by atoms with Gasteiger partial charge in [0.2, 0.25) is 0 Å². The summed E-state index contributed by atoms with van der Waals surface area (Å²) in [5.74, 6) is 0.469. The number of aromatic hydroxyl groups is 1. The summed E-state index contributed by atoms with van der Waals surface area (Å²) in [6.07, 6.45) is 0. The highest BCUT2D eigenvalue weighted by atomic mass is 16.6. The molecule has 0 unspecified atom stereocenters. The van der Waals surface area contributed by atoms with Crippen molar-refractivity contribution in [3.05, 3.63) is 57.6 Å². The molecule has 2 aromatic rings. The molecule has 6 nitrogen and oxygen atoms in total. The molecule has 0 aromatic heterocycles. The van der Waals surface area contributed by atoms with E-state index in [2.05, 4.69) is 5.32 Å². The number of rotatable bonds is 5. The predicted octanol–water partition coefficient (Wildman–Crippen LogP) is 3.23. The number of aryl methyl sites for hydroxylation is 1. The molecule has 0 radical (unpaired) electrons. The molecule has 2 N–H and O–H groups in total. The number of hydrogen-bond donors (Lipinski definition) is 2. The van der Waals surface area contributed by atoms with Gasteiger partial charge in [-0.05, 0) is 30.7 Å². The summed E-state index contributed by atoms with van der Waals surface area (Å²) in [6, 6.07) is 10.1. The quantitative estimate of drug-likeness (QED) is 0.651. The second-order valence-corrected chi connectivity index (χ2v) is 4.62. The highest BCUT2D eigenvalue weighted by molar-refractivity contribution is 5.55. The van der Waals surface area contributed by atoms with Crippen molar-refractivity contribution in [2.75, 3.05) is 12.4 Å². The van der Waals surface area contributed by atoms with Crippen molar-refractivity contribution in [3.8, 4) is 11.5 Å². The predicted molar refractivity (Wildman–Crippen MR) is 79.8 cm³/mol. The molecular weight excluding hydrogens is 272 g/mol. The Hall–Kier alpha value is -2.76. The lowest BCUT2D eigenvalue weighted by molar-refractivity contribution is -0.385. The summed E-state index contributed by atoms with van der Waals surface area (Å²) in [7, 11) is 1.48. The van der Waals surface area contributed by atoms with Gasteiger partial charge in [0.05, 0.1) is 12.0 Å². The first-order chi connectivity index (χ1) is 10.0. The van der Waals surface area contributed by atoms with Crippen molar-refractivity contribution in [2.45, 2.75) is 13.5 Å². The molecule has 0 amide bonds. The number of nitro benzene ring substituents is 1. The molecule has 0 bridgehead atoms. The van der Waals surface area contributed by atoms with Crippen LogP contribution >= 0.6 is 0 Å². The number of nitro groups is 1. The maximum absolute atomic E-state index is 10.9. The minimum atomic E-state index is -0.403. The Bertz CT molecular complexity index is 671. The van der Waals surface area contributed by atoms with E-state index in [1.165, 1.54) is 13.2 Å². The van der Waals surface area contributed by atoms with Gasteiger partial charge in [0, 0.05) is 23.9 Å². The molecule has 0 aliphatic heterocycles. The molecule has 0 heterocycles. The Morgan fingerprint density at radius 1 is 1.29 bits per heavy atom. The van der Waals surface area contributed by atoms with Crippen molar-refractivity contribution in [1.82, 2.24) is 0 Å². The monoisotopic (exact) mass is 288 g/mol. The molecule has 0 aliphatic carbocycles. The zero-order valence-electron chi connectivity index (χ0n) is 11.8. The van der Waals surface area contributed by atoms with Crippen molar-refractivity contribution >= 4 is 11.4 Å². The van der Waals surface area contributed by atoms with Gasteiger partial charge >= 0.3 is 0 Å². The van der Waals surface area contributed by atoms with Crippen LogP contribution in [-0.4, -0.2) is 17.1 Å². The highest BCUT2D eigenvalue weighted by Gasteiger charge is 2.11. The second kappa shape index (κ2) is 6.13. The molecule has 2 aromatic carbocycles. The number of phenolic OH excluding ortho intramolecular Hbond substituents is 1. The molecule has 0 aliphatic rings. The van der Waals surface area contributed by atoms with Gasteiger partial charge in [-0.15, -0.1) is 0 Å². The molecule has 0 fully saturated rings. The normalized spacial score (nSPS) is 10.2. The van der Waals surface area contributed by atoms with Crippen molar-refractivity contribution in [2.24, 2.45) is 0 Å². The third kappa shape index (κ3) is 3.42. The number of nitrogens with one attached hydrogen (secondary N) is 1. The van der Waals surface area contributed by atoms with Crippen LogP contribution in [0.3, 0.4) is 0 Å². The van der Waals surface area contributed by atoms with Crippen molar-refractivity contribution in [3.63, 3.8) is 0 Å². The lowest BCUT2D eigenvalue weighted by Gasteiger charge is -2.09. The Morgan fingerprint density at radius 3 is 2.67 bits per heavy atom. The molecule has 6 heteroatoms. The van der Waals surface area contributed by atoms with Gasteiger partial charge in [0.1, 0.15) is 0 Å². The molecular formula is C15H16N2O4. The van der Waals surface area contributed by atoms with Gasteiger partial charge in [-0.2, -0.15) is 0 Å². The molecule has 0 spiro atoms. The average molecular weight is 288 g/mol. The Balaban J connectivity index is 2.11. The maximum Gasteiger partial charge on any atom is 0.274 e. The van der Waals surface area contributed by atoms with Gasteiger partial charge in [-0.1, -0.05) is 12.1 Å². The number of benzene rings is 2. The van der Waals surface area contributed by atoms with E-state index in [0.29, 0.717) is 23.5 Å². The maximum atomic E-state index is 10.9. The standard InChI is InChI=1S/C15H16N2O4/c1-10-3-5-12(8-13(10)17(19)20)16-9-11-4-6-15(21-2)14(18)7-11/h3-8,16,18H,9H2,1-2H3. The van der Waals surface area contributed by atoms with Gasteiger partial charge in [-0.3, -0.25) is 10.1 Å². The summed E-state index contributed by atoms with van der Waals surface area (Å²) < 4.78 is 4.97. The number of ether oxygens (including phenoxy) is 1. The largest absolute Gasteiger partial charge is 0.504 e. The SMILES string of the molecule is COc1ccc(CNc2ccc(C)c([N+](=O)[O-])c2)cc1O. The van der Waals surface area contributed by atoms with E-state index in [0.717, 1.165) is 5.56 Å². The van der Waals surface area contributed by atoms with E-state index in [1.54, 1.807) is 31.2 Å². The van der Waals surface area contributed by atoms with E-state index in [-0.39, 0.29) is 11.4 Å². The summed E-state index contributed by atoms with van der Waals surface area (Å²) >= 11 is 0. The van der Waals surface area contributed by atoms with Crippen LogP contribution in [0.5, 0.6) is 11.5 Å². The smallest absolute Gasteiger partial charge is 0.274 e. The van der Waals surface area contributed by atoms with Gasteiger partial charge in [0.25, 0.3) is 5.69 Å². The first-order valence-corrected chi connectivity index (χ1v) is 6.36. The lowest BCUT2D eigenvalue weighted by atomic mass is 10.1. The summed E-state index contributed by atoms with van der Waals surface area (Å²) in [4.78, 5) is 10.5. The third-order valence-electron chi connectivity index (χ3n) is 3.15. The molecule has 0 saturated heterocycles. The minimum absolute atomic E-state index is 0.0617. The van der Waals surface area contributed by atoms with Gasteiger partial charge < -0.3 is 15.2 Å². The van der Waals surface area contributed by atoms with Crippen LogP contribution in [0.25, 0.3) is 0 Å². The van der Waals surface area contributed by atoms with Crippen LogP contribution in [0.1, 0.15) is 11.1 Å². The topological polar surface area (TPSA) is 84.6 Å². The zero-order chi connectivity index (χ0) is 15.4. The lowest BCUT2D eigenvalue weighted by Crippen LogP contribution is -2.01. The van der Waals surface area contributed by atoms with Gasteiger partial charge in [-0.25, -0.2) is 0 Å². The fraction of sp³-hybridized carbons (Fsp3) is 0.200. The number of methoxy groups -OCH3 is 1. The van der Waals surface area contributed by atoms with Crippen LogP contribution in [-0.2, 0) is 6.54 Å². The highest BCUT2D eigenvalue weighted by Crippen LogP contribution is 2.27. The number of anilines is 1. The van der Waals surface area contributed by atoms with Crippen LogP contribution < -0.4 is 10.1 Å². The third-order valence-corrected chi connectivity index (χ3v) is 3.15. The fourth-order valence-electron chi connectivity index (χ4n) is 1.97.